The molecule has 0 atom stereocenters. The predicted molar refractivity (Wildman–Crippen MR) is 188 cm³/mol. The SMILES string of the molecule is C=C.CC.Cc1ccc(-c2nc(-c3ccc(C)cc3)nc(-c3c4ccccc4c4c5c(cccc35)-c3ccccc3-4)n2)cc1. The van der Waals surface area contributed by atoms with Crippen LogP contribution >= 0.6 is 0 Å². The van der Waals surface area contributed by atoms with Crippen LogP contribution in [0.15, 0.2) is 128 Å². The Kier molecular flexibility index (Phi) is 7.87. The highest BCUT2D eigenvalue weighted by atomic mass is 15.0. The molecule has 1 aromatic heterocycles. The summed E-state index contributed by atoms with van der Waals surface area (Å²) in [7, 11) is 0. The molecule has 3 heteroatoms. The summed E-state index contributed by atoms with van der Waals surface area (Å²) >= 11 is 0. The Labute approximate surface area is 259 Å². The van der Waals surface area contributed by atoms with E-state index in [2.05, 4.69) is 142 Å². The second kappa shape index (κ2) is 12.1. The third kappa shape index (κ3) is 4.77. The van der Waals surface area contributed by atoms with Gasteiger partial charge in [-0.05, 0) is 57.6 Å². The van der Waals surface area contributed by atoms with Crippen molar-refractivity contribution in [2.24, 2.45) is 0 Å². The molecule has 6 aromatic carbocycles. The molecule has 0 saturated heterocycles. The van der Waals surface area contributed by atoms with Gasteiger partial charge in [0.15, 0.2) is 17.5 Å². The minimum atomic E-state index is 0.677. The second-order valence-corrected chi connectivity index (χ2v) is 10.6. The fourth-order valence-corrected chi connectivity index (χ4v) is 6.06. The summed E-state index contributed by atoms with van der Waals surface area (Å²) in [6.07, 6.45) is 0. The Morgan fingerprint density at radius 2 is 0.841 bits per heavy atom. The maximum Gasteiger partial charge on any atom is 0.165 e. The predicted octanol–water partition coefficient (Wildman–Crippen LogP) is 11.3. The Balaban J connectivity index is 0.000000826. The Hall–Kier alpha value is -5.41. The van der Waals surface area contributed by atoms with E-state index >= 15 is 0 Å². The molecule has 7 aromatic rings. The van der Waals surface area contributed by atoms with Gasteiger partial charge in [0.05, 0.1) is 0 Å². The van der Waals surface area contributed by atoms with Gasteiger partial charge >= 0.3 is 0 Å². The van der Waals surface area contributed by atoms with E-state index in [0.29, 0.717) is 17.5 Å². The van der Waals surface area contributed by atoms with Crippen molar-refractivity contribution in [3.63, 3.8) is 0 Å². The summed E-state index contributed by atoms with van der Waals surface area (Å²) in [4.78, 5) is 15.3. The third-order valence-corrected chi connectivity index (χ3v) is 8.01. The monoisotopic (exact) mass is 569 g/mol. The summed E-state index contributed by atoms with van der Waals surface area (Å²) in [5, 5.41) is 4.80. The van der Waals surface area contributed by atoms with Gasteiger partial charge in [-0.1, -0.05) is 140 Å². The molecule has 44 heavy (non-hydrogen) atoms. The van der Waals surface area contributed by atoms with Gasteiger partial charge < -0.3 is 0 Å². The molecule has 1 heterocycles. The van der Waals surface area contributed by atoms with Crippen molar-refractivity contribution in [3.05, 3.63) is 140 Å². The number of aromatic nitrogens is 3. The van der Waals surface area contributed by atoms with Crippen LogP contribution < -0.4 is 0 Å². The van der Waals surface area contributed by atoms with Crippen LogP contribution in [0.1, 0.15) is 25.0 Å². The van der Waals surface area contributed by atoms with Gasteiger partial charge in [-0.25, -0.2) is 15.0 Å². The first-order valence-electron chi connectivity index (χ1n) is 15.1. The topological polar surface area (TPSA) is 38.7 Å². The molecule has 0 N–H and O–H groups in total. The van der Waals surface area contributed by atoms with Crippen molar-refractivity contribution in [1.29, 1.82) is 0 Å². The molecule has 0 saturated carbocycles. The van der Waals surface area contributed by atoms with E-state index in [0.717, 1.165) is 22.1 Å². The van der Waals surface area contributed by atoms with Gasteiger partial charge in [0.2, 0.25) is 0 Å². The summed E-state index contributed by atoms with van der Waals surface area (Å²) < 4.78 is 0. The van der Waals surface area contributed by atoms with Crippen LogP contribution in [0.4, 0.5) is 0 Å². The van der Waals surface area contributed by atoms with Crippen molar-refractivity contribution in [3.8, 4) is 56.4 Å². The lowest BCUT2D eigenvalue weighted by Gasteiger charge is -2.15. The van der Waals surface area contributed by atoms with Crippen LogP contribution in [0.3, 0.4) is 0 Å². The van der Waals surface area contributed by atoms with E-state index in [4.69, 9.17) is 15.0 Å². The van der Waals surface area contributed by atoms with E-state index in [-0.39, 0.29) is 0 Å². The van der Waals surface area contributed by atoms with Crippen molar-refractivity contribution >= 4 is 21.5 Å². The summed E-state index contributed by atoms with van der Waals surface area (Å²) in [5.74, 6) is 2.05. The van der Waals surface area contributed by atoms with Gasteiger partial charge in [-0.2, -0.15) is 0 Å². The van der Waals surface area contributed by atoms with Crippen molar-refractivity contribution < 1.29 is 0 Å². The number of nitrogens with zero attached hydrogens (tertiary/aromatic N) is 3. The van der Waals surface area contributed by atoms with E-state index in [1.54, 1.807) is 0 Å². The maximum absolute atomic E-state index is 5.15. The van der Waals surface area contributed by atoms with Crippen molar-refractivity contribution in [1.82, 2.24) is 15.0 Å². The molecule has 0 fully saturated rings. The normalized spacial score (nSPS) is 10.9. The fraction of sp³-hybridized carbons (Fsp3) is 0.0976. The van der Waals surface area contributed by atoms with E-state index in [1.165, 1.54) is 49.5 Å². The number of aryl methyl sites for hydroxylation is 2. The van der Waals surface area contributed by atoms with Crippen molar-refractivity contribution in [2.75, 3.05) is 0 Å². The average molecular weight is 570 g/mol. The standard InChI is InChI=1S/C37H25N3.C2H6.C2H4/c1-22-14-18-24(19-15-22)35-38-36(25-20-16-23(2)17-21-25)40-37(39-35)34-30-11-6-5-10-29(30)32-27-9-4-3-8-26(27)28-12-7-13-31(34)33(28)32;2*1-2/h3-21H,1-2H3;1-2H3;1-2H2. The minimum absolute atomic E-state index is 0.677. The fourth-order valence-electron chi connectivity index (χ4n) is 6.06. The van der Waals surface area contributed by atoms with Gasteiger partial charge in [0, 0.05) is 16.7 Å². The zero-order valence-electron chi connectivity index (χ0n) is 25.7. The zero-order valence-corrected chi connectivity index (χ0v) is 25.7. The maximum atomic E-state index is 5.15. The Bertz CT molecular complexity index is 2060. The first-order chi connectivity index (χ1) is 21.7. The molecule has 0 aliphatic heterocycles. The van der Waals surface area contributed by atoms with Gasteiger partial charge in [0.1, 0.15) is 0 Å². The molecule has 8 rings (SSSR count). The van der Waals surface area contributed by atoms with Crippen LogP contribution in [0, 0.1) is 13.8 Å². The molecule has 0 bridgehead atoms. The lowest BCUT2D eigenvalue weighted by molar-refractivity contribution is 1.08. The van der Waals surface area contributed by atoms with Crippen LogP contribution in [0.25, 0.3) is 78.0 Å². The van der Waals surface area contributed by atoms with Gasteiger partial charge in [-0.3, -0.25) is 0 Å². The highest BCUT2D eigenvalue weighted by Crippen LogP contribution is 2.53. The van der Waals surface area contributed by atoms with Crippen LogP contribution in [-0.2, 0) is 0 Å². The quantitative estimate of drug-likeness (QED) is 0.157. The first-order valence-corrected chi connectivity index (χ1v) is 15.1. The molecule has 214 valence electrons. The summed E-state index contributed by atoms with van der Waals surface area (Å²) in [6, 6.07) is 40.8. The number of rotatable bonds is 3. The molecule has 0 amide bonds. The zero-order chi connectivity index (χ0) is 30.8. The highest BCUT2D eigenvalue weighted by molar-refractivity contribution is 6.28. The lowest BCUT2D eigenvalue weighted by Crippen LogP contribution is -2.01. The van der Waals surface area contributed by atoms with E-state index in [9.17, 15) is 0 Å². The number of fused-ring (bicyclic) bond motifs is 5. The molecular weight excluding hydrogens is 534 g/mol. The van der Waals surface area contributed by atoms with Gasteiger partial charge in [-0.15, -0.1) is 13.2 Å². The van der Waals surface area contributed by atoms with Crippen LogP contribution in [0.5, 0.6) is 0 Å². The second-order valence-electron chi connectivity index (χ2n) is 10.6. The highest BCUT2D eigenvalue weighted by Gasteiger charge is 2.27. The largest absolute Gasteiger partial charge is 0.208 e. The van der Waals surface area contributed by atoms with E-state index in [1.807, 2.05) is 13.8 Å². The lowest BCUT2D eigenvalue weighted by atomic mass is 9.90. The number of benzene rings is 6. The van der Waals surface area contributed by atoms with Crippen LogP contribution in [0.2, 0.25) is 0 Å². The average Bonchev–Trinajstić information content (AvgIpc) is 3.43. The van der Waals surface area contributed by atoms with E-state index < -0.39 is 0 Å². The Morgan fingerprint density at radius 3 is 1.41 bits per heavy atom. The first kappa shape index (κ1) is 28.7. The molecule has 3 nitrogen and oxygen atoms in total. The van der Waals surface area contributed by atoms with Gasteiger partial charge in [0.25, 0.3) is 0 Å². The molecule has 0 spiro atoms. The number of hydrogen-bond acceptors (Lipinski definition) is 3. The Morgan fingerprint density at radius 1 is 0.409 bits per heavy atom. The third-order valence-electron chi connectivity index (χ3n) is 8.01. The molecule has 1 aliphatic rings. The smallest absolute Gasteiger partial charge is 0.165 e. The molecular formula is C41H35N3. The summed E-state index contributed by atoms with van der Waals surface area (Å²) in [5.41, 5.74) is 10.5. The summed E-state index contributed by atoms with van der Waals surface area (Å²) in [6.45, 7) is 14.2. The molecule has 1 aliphatic carbocycles. The number of hydrogen-bond donors (Lipinski definition) is 0. The van der Waals surface area contributed by atoms with Crippen molar-refractivity contribution in [2.45, 2.75) is 27.7 Å². The van der Waals surface area contributed by atoms with Crippen LogP contribution in [-0.4, -0.2) is 15.0 Å². The molecule has 0 unspecified atom stereocenters. The molecule has 0 radical (unpaired) electrons. The minimum Gasteiger partial charge on any atom is -0.208 e.